The number of hydrogen-bond donors (Lipinski definition) is 3. The highest BCUT2D eigenvalue weighted by Crippen LogP contribution is 2.40. The lowest BCUT2D eigenvalue weighted by Gasteiger charge is -2.12. The number of aryl methyl sites for hydroxylation is 4. The van der Waals surface area contributed by atoms with Gasteiger partial charge in [0, 0.05) is 27.5 Å². The summed E-state index contributed by atoms with van der Waals surface area (Å²) in [6.45, 7) is 9.96. The normalized spacial score (nSPS) is 12.1. The van der Waals surface area contributed by atoms with Crippen molar-refractivity contribution in [2.45, 2.75) is 45.9 Å². The van der Waals surface area contributed by atoms with E-state index in [4.69, 9.17) is 9.47 Å². The molecule has 0 aliphatic carbocycles. The predicted octanol–water partition coefficient (Wildman–Crippen LogP) is 14.0. The number of hydrogen-bond acceptors (Lipinski definition) is 12. The van der Waals surface area contributed by atoms with Crippen molar-refractivity contribution in [1.82, 2.24) is 0 Å². The number of anilines is 2. The summed E-state index contributed by atoms with van der Waals surface area (Å²) < 4.78 is 46.4. The van der Waals surface area contributed by atoms with E-state index in [1.807, 2.05) is 101 Å². The van der Waals surface area contributed by atoms with E-state index in [2.05, 4.69) is 36.0 Å². The number of phenols is 1. The van der Waals surface area contributed by atoms with Crippen LogP contribution in [-0.4, -0.2) is 31.8 Å². The Morgan fingerprint density at radius 2 is 1.10 bits per heavy atom. The average molecular weight is 822 g/mol. The van der Waals surface area contributed by atoms with Crippen molar-refractivity contribution < 1.29 is 27.6 Å². The van der Waals surface area contributed by atoms with Crippen LogP contribution in [0.2, 0.25) is 0 Å². The molecule has 0 saturated heterocycles. The van der Waals surface area contributed by atoms with Gasteiger partial charge in [-0.2, -0.15) is 28.9 Å². The molecular formula is C46H43N7O6S. The molecule has 0 amide bonds. The summed E-state index contributed by atoms with van der Waals surface area (Å²) in [5.74, 6) is 1.33. The van der Waals surface area contributed by atoms with Crippen LogP contribution in [-0.2, 0) is 10.1 Å². The van der Waals surface area contributed by atoms with E-state index in [9.17, 15) is 18.1 Å². The Morgan fingerprint density at radius 1 is 0.583 bits per heavy atom. The van der Waals surface area contributed by atoms with Gasteiger partial charge >= 0.3 is 0 Å². The van der Waals surface area contributed by atoms with Crippen LogP contribution >= 0.6 is 0 Å². The van der Waals surface area contributed by atoms with E-state index in [0.717, 1.165) is 51.2 Å². The third-order valence-corrected chi connectivity index (χ3v) is 10.8. The number of methoxy groups -OCH3 is 1. The van der Waals surface area contributed by atoms with Gasteiger partial charge in [-0.25, -0.2) is 0 Å². The fraction of sp³-hybridized carbons (Fsp3) is 0.174. The van der Waals surface area contributed by atoms with Gasteiger partial charge in [-0.1, -0.05) is 25.1 Å². The largest absolute Gasteiger partial charge is 0.505 e. The van der Waals surface area contributed by atoms with Crippen molar-refractivity contribution in [3.8, 4) is 17.2 Å². The van der Waals surface area contributed by atoms with Crippen LogP contribution in [0.3, 0.4) is 0 Å². The molecule has 0 saturated carbocycles. The molecule has 60 heavy (non-hydrogen) atoms. The van der Waals surface area contributed by atoms with E-state index in [0.29, 0.717) is 51.6 Å². The number of fused-ring (bicyclic) bond motifs is 2. The zero-order chi connectivity index (χ0) is 42.6. The topological polar surface area (TPSA) is 179 Å². The fourth-order valence-corrected chi connectivity index (χ4v) is 7.43. The molecule has 7 aromatic carbocycles. The lowest BCUT2D eigenvalue weighted by Crippen LogP contribution is -2.01. The third-order valence-electron chi connectivity index (χ3n) is 9.85. The molecular weight excluding hydrogens is 779 g/mol. The first-order chi connectivity index (χ1) is 28.8. The Balaban J connectivity index is 1.07. The zero-order valence-electron chi connectivity index (χ0n) is 33.9. The molecule has 0 fully saturated rings. The molecule has 304 valence electrons. The van der Waals surface area contributed by atoms with Gasteiger partial charge in [-0.15, -0.1) is 10.2 Å². The molecule has 14 heteroatoms. The molecule has 0 aromatic heterocycles. The second kappa shape index (κ2) is 17.4. The summed E-state index contributed by atoms with van der Waals surface area (Å²) in [6.07, 6.45) is 0.780. The summed E-state index contributed by atoms with van der Waals surface area (Å²) in [5.41, 5.74) is 7.66. The highest BCUT2D eigenvalue weighted by Gasteiger charge is 2.21. The summed E-state index contributed by atoms with van der Waals surface area (Å²) in [7, 11) is -3.04. The minimum absolute atomic E-state index is 0.00488. The van der Waals surface area contributed by atoms with Gasteiger partial charge in [0.2, 0.25) is 0 Å². The van der Waals surface area contributed by atoms with Crippen LogP contribution < -0.4 is 14.8 Å². The smallest absolute Gasteiger partial charge is 0.297 e. The number of rotatable bonds is 13. The Labute approximate surface area is 347 Å². The first kappa shape index (κ1) is 41.1. The summed E-state index contributed by atoms with van der Waals surface area (Å²) >= 11 is 0. The molecule has 0 aliphatic heterocycles. The highest BCUT2D eigenvalue weighted by atomic mass is 32.2. The van der Waals surface area contributed by atoms with Crippen molar-refractivity contribution in [2.75, 3.05) is 19.0 Å². The predicted molar refractivity (Wildman–Crippen MR) is 236 cm³/mol. The number of benzene rings is 7. The Kier molecular flexibility index (Phi) is 12.0. The zero-order valence-corrected chi connectivity index (χ0v) is 34.7. The number of aromatic hydroxyl groups is 1. The number of azo groups is 3. The average Bonchev–Trinajstić information content (AvgIpc) is 3.23. The molecule has 0 radical (unpaired) electrons. The van der Waals surface area contributed by atoms with Gasteiger partial charge in [0.15, 0.2) is 5.75 Å². The van der Waals surface area contributed by atoms with E-state index in [1.165, 1.54) is 6.07 Å². The highest BCUT2D eigenvalue weighted by molar-refractivity contribution is 7.86. The van der Waals surface area contributed by atoms with Gasteiger partial charge in [-0.3, -0.25) is 4.55 Å². The second-order valence-electron chi connectivity index (χ2n) is 14.3. The molecule has 0 atom stereocenters. The van der Waals surface area contributed by atoms with Crippen LogP contribution in [0.5, 0.6) is 17.2 Å². The SMILES string of the molecule is CCCOc1cccc2c(S(=O)(=O)O)c(N=Nc3cc(C)c(N=Nc4cc(C)c(N=Nc5ccc6cc(Nc7ccc(OC)cc7)ccc6c5O)cc4C)cc3C)ccc12. The van der Waals surface area contributed by atoms with Crippen molar-refractivity contribution in [1.29, 1.82) is 0 Å². The molecule has 3 N–H and O–H groups in total. The number of phenolic OH excluding ortho intramolecular Hbond substituents is 1. The summed E-state index contributed by atoms with van der Waals surface area (Å²) in [4.78, 5) is -0.343. The van der Waals surface area contributed by atoms with Crippen LogP contribution in [0.1, 0.15) is 35.6 Å². The van der Waals surface area contributed by atoms with Gasteiger partial charge in [-0.05, 0) is 153 Å². The second-order valence-corrected chi connectivity index (χ2v) is 15.6. The lowest BCUT2D eigenvalue weighted by molar-refractivity contribution is 0.321. The first-order valence-electron chi connectivity index (χ1n) is 19.1. The van der Waals surface area contributed by atoms with Crippen LogP contribution in [0.4, 0.5) is 45.5 Å². The minimum Gasteiger partial charge on any atom is -0.505 e. The van der Waals surface area contributed by atoms with E-state index in [1.54, 1.807) is 43.5 Å². The molecule has 0 heterocycles. The fourth-order valence-electron chi connectivity index (χ4n) is 6.60. The quantitative estimate of drug-likeness (QED) is 0.0764. The van der Waals surface area contributed by atoms with Gasteiger partial charge in [0.05, 0.1) is 36.5 Å². The monoisotopic (exact) mass is 821 g/mol. The van der Waals surface area contributed by atoms with Gasteiger partial charge < -0.3 is 19.9 Å². The molecule has 7 rings (SSSR count). The molecule has 0 spiro atoms. The Bertz CT molecular complexity index is 2970. The maximum Gasteiger partial charge on any atom is 0.297 e. The maximum atomic E-state index is 12.6. The van der Waals surface area contributed by atoms with Crippen LogP contribution in [0.25, 0.3) is 21.5 Å². The molecule has 13 nitrogen and oxygen atoms in total. The maximum absolute atomic E-state index is 12.6. The standard InChI is InChI=1S/C46H43N7O6S/c1-7-21-59-44-10-8-9-37-36(44)18-20-39(46(37)60(55,56)57)49-51-41-23-30(5)43(25-28(41)3)53-52-42-24-27(2)40(22-29(42)4)50-48-38-19-11-31-26-33(14-17-35(31)45(38)54)47-32-12-15-34(58-6)16-13-32/h8-20,22-26,47,54H,7,21H2,1-6H3,(H,55,56,57). The van der Waals surface area contributed by atoms with Crippen molar-refractivity contribution in [3.63, 3.8) is 0 Å². The lowest BCUT2D eigenvalue weighted by atomic mass is 10.1. The number of ether oxygens (including phenoxy) is 2. The summed E-state index contributed by atoms with van der Waals surface area (Å²) in [5, 5.41) is 43.4. The first-order valence-corrected chi connectivity index (χ1v) is 20.6. The van der Waals surface area contributed by atoms with Crippen molar-refractivity contribution >= 4 is 77.2 Å². The van der Waals surface area contributed by atoms with E-state index in [-0.39, 0.29) is 21.7 Å². The Morgan fingerprint density at radius 3 is 1.65 bits per heavy atom. The van der Waals surface area contributed by atoms with Crippen LogP contribution in [0, 0.1) is 27.7 Å². The third kappa shape index (κ3) is 8.99. The van der Waals surface area contributed by atoms with E-state index < -0.39 is 10.1 Å². The molecule has 0 unspecified atom stereocenters. The number of nitrogens with zero attached hydrogens (tertiary/aromatic N) is 6. The molecule has 7 aromatic rings. The van der Waals surface area contributed by atoms with Crippen LogP contribution in [0.15, 0.2) is 145 Å². The minimum atomic E-state index is -4.67. The summed E-state index contributed by atoms with van der Waals surface area (Å²) in [6, 6.07) is 32.6. The van der Waals surface area contributed by atoms with Crippen molar-refractivity contribution in [3.05, 3.63) is 131 Å². The Hall–Kier alpha value is -7.03. The van der Waals surface area contributed by atoms with Crippen molar-refractivity contribution in [2.24, 2.45) is 30.7 Å². The molecule has 0 aliphatic rings. The van der Waals surface area contributed by atoms with Gasteiger partial charge in [0.25, 0.3) is 10.1 Å². The number of nitrogens with one attached hydrogen (secondary N) is 1. The molecule has 0 bridgehead atoms. The van der Waals surface area contributed by atoms with Gasteiger partial charge in [0.1, 0.15) is 27.8 Å². The van der Waals surface area contributed by atoms with E-state index >= 15 is 0 Å².